The molecule has 1 N–H and O–H groups in total. The zero-order valence-corrected chi connectivity index (χ0v) is 19.7. The molecule has 1 heterocycles. The van der Waals surface area contributed by atoms with E-state index < -0.39 is 15.9 Å². The fourth-order valence-corrected chi connectivity index (χ4v) is 4.92. The van der Waals surface area contributed by atoms with Crippen molar-refractivity contribution in [1.82, 2.24) is 9.62 Å². The summed E-state index contributed by atoms with van der Waals surface area (Å²) in [5, 5.41) is 2.79. The number of benzene rings is 3. The number of amides is 1. The van der Waals surface area contributed by atoms with E-state index in [0.29, 0.717) is 18.1 Å². The Morgan fingerprint density at radius 3 is 2.50 bits per heavy atom. The second kappa shape index (κ2) is 10.1. The molecule has 0 aromatic heterocycles. The number of para-hydroxylation sites is 2. The summed E-state index contributed by atoms with van der Waals surface area (Å²) in [5.74, 6) is 1.02. The van der Waals surface area contributed by atoms with Gasteiger partial charge in [-0.2, -0.15) is 4.31 Å². The van der Waals surface area contributed by atoms with E-state index in [1.165, 1.54) is 36.7 Å². The van der Waals surface area contributed by atoms with Gasteiger partial charge in [-0.05, 0) is 35.9 Å². The number of methoxy groups -OCH3 is 1. The molecule has 1 atom stereocenters. The van der Waals surface area contributed by atoms with E-state index in [2.05, 4.69) is 5.32 Å². The topological polar surface area (TPSA) is 94.2 Å². The number of ether oxygens (including phenoxy) is 3. The van der Waals surface area contributed by atoms with Gasteiger partial charge >= 0.3 is 0 Å². The smallest absolute Gasteiger partial charge is 0.251 e. The fraction of sp³-hybridized carbons (Fsp3) is 0.240. The Hall–Kier alpha value is -3.56. The number of hydrogen-bond donors (Lipinski definition) is 1. The van der Waals surface area contributed by atoms with E-state index in [-0.39, 0.29) is 35.4 Å². The van der Waals surface area contributed by atoms with Crippen LogP contribution in [-0.4, -0.2) is 52.0 Å². The summed E-state index contributed by atoms with van der Waals surface area (Å²) >= 11 is 0. The zero-order valence-electron chi connectivity index (χ0n) is 18.9. The van der Waals surface area contributed by atoms with Crippen LogP contribution in [0.15, 0.2) is 77.7 Å². The fourth-order valence-electron chi connectivity index (χ4n) is 3.59. The van der Waals surface area contributed by atoms with Crippen molar-refractivity contribution in [1.29, 1.82) is 0 Å². The number of sulfonamides is 1. The normalized spacial score (nSPS) is 15.1. The molecule has 3 aromatic rings. The Balaban J connectivity index is 1.47. The minimum atomic E-state index is -3.92. The summed E-state index contributed by atoms with van der Waals surface area (Å²) < 4.78 is 44.6. The summed E-state index contributed by atoms with van der Waals surface area (Å²) in [5.41, 5.74) is 1.04. The molecule has 0 saturated heterocycles. The third kappa shape index (κ3) is 5.16. The number of rotatable bonds is 8. The molecule has 0 radical (unpaired) electrons. The Bertz CT molecular complexity index is 1260. The maximum atomic E-state index is 13.3. The number of nitrogens with one attached hydrogen (secondary N) is 1. The second-order valence-electron chi connectivity index (χ2n) is 7.82. The van der Waals surface area contributed by atoms with Crippen molar-refractivity contribution in [3.05, 3.63) is 83.9 Å². The van der Waals surface area contributed by atoms with Gasteiger partial charge in [0, 0.05) is 19.2 Å². The zero-order chi connectivity index (χ0) is 24.1. The van der Waals surface area contributed by atoms with Gasteiger partial charge in [0.2, 0.25) is 10.0 Å². The van der Waals surface area contributed by atoms with Crippen LogP contribution in [0.3, 0.4) is 0 Å². The minimum Gasteiger partial charge on any atom is -0.495 e. The molecule has 3 aromatic carbocycles. The van der Waals surface area contributed by atoms with Gasteiger partial charge in [-0.3, -0.25) is 4.79 Å². The molecule has 4 rings (SSSR count). The van der Waals surface area contributed by atoms with Crippen molar-refractivity contribution < 1.29 is 27.4 Å². The van der Waals surface area contributed by atoms with Gasteiger partial charge in [-0.15, -0.1) is 0 Å². The third-order valence-electron chi connectivity index (χ3n) is 5.42. The van der Waals surface area contributed by atoms with E-state index >= 15 is 0 Å². The third-order valence-corrected chi connectivity index (χ3v) is 7.24. The van der Waals surface area contributed by atoms with Crippen LogP contribution in [0, 0.1) is 0 Å². The predicted molar refractivity (Wildman–Crippen MR) is 127 cm³/mol. The molecule has 178 valence electrons. The number of hydrogen-bond acceptors (Lipinski definition) is 6. The average Bonchev–Trinajstić information content (AvgIpc) is 2.87. The lowest BCUT2D eigenvalue weighted by Crippen LogP contribution is -2.40. The van der Waals surface area contributed by atoms with E-state index in [4.69, 9.17) is 14.2 Å². The van der Waals surface area contributed by atoms with Crippen molar-refractivity contribution in [2.75, 3.05) is 27.3 Å². The monoisotopic (exact) mass is 482 g/mol. The molecule has 1 aliphatic rings. The first-order valence-electron chi connectivity index (χ1n) is 10.7. The van der Waals surface area contributed by atoms with Gasteiger partial charge < -0.3 is 19.5 Å². The summed E-state index contributed by atoms with van der Waals surface area (Å²) in [4.78, 5) is 12.7. The minimum absolute atomic E-state index is 0.0766. The van der Waals surface area contributed by atoms with Crippen molar-refractivity contribution >= 4 is 15.9 Å². The Morgan fingerprint density at radius 1 is 1.06 bits per heavy atom. The largest absolute Gasteiger partial charge is 0.495 e. The average molecular weight is 483 g/mol. The molecule has 0 saturated carbocycles. The van der Waals surface area contributed by atoms with Crippen LogP contribution in [-0.2, 0) is 16.6 Å². The number of fused-ring (bicyclic) bond motifs is 1. The van der Waals surface area contributed by atoms with E-state index in [0.717, 1.165) is 5.56 Å². The first kappa shape index (κ1) is 23.6. The lowest BCUT2D eigenvalue weighted by atomic mass is 10.2. The van der Waals surface area contributed by atoms with Crippen LogP contribution < -0.4 is 19.5 Å². The van der Waals surface area contributed by atoms with Crippen LogP contribution >= 0.6 is 0 Å². The molecule has 1 amide bonds. The number of nitrogens with zero attached hydrogens (tertiary/aromatic N) is 1. The summed E-state index contributed by atoms with van der Waals surface area (Å²) in [6.07, 6.45) is -0.364. The van der Waals surface area contributed by atoms with Crippen molar-refractivity contribution in [3.63, 3.8) is 0 Å². The van der Waals surface area contributed by atoms with Crippen LogP contribution in [0.5, 0.6) is 17.2 Å². The highest BCUT2D eigenvalue weighted by Crippen LogP contribution is 2.31. The predicted octanol–water partition coefficient (Wildman–Crippen LogP) is 3.09. The number of carbonyl (C=O) groups excluding carboxylic acids is 1. The van der Waals surface area contributed by atoms with E-state index in [1.54, 1.807) is 6.07 Å². The van der Waals surface area contributed by atoms with Gasteiger partial charge in [-0.1, -0.05) is 42.5 Å². The van der Waals surface area contributed by atoms with Gasteiger partial charge in [0.05, 0.1) is 13.7 Å². The lowest BCUT2D eigenvalue weighted by Gasteiger charge is -2.26. The highest BCUT2D eigenvalue weighted by Gasteiger charge is 2.27. The van der Waals surface area contributed by atoms with Crippen LogP contribution in [0.4, 0.5) is 0 Å². The first-order chi connectivity index (χ1) is 16.4. The van der Waals surface area contributed by atoms with Gasteiger partial charge in [0.1, 0.15) is 23.4 Å². The molecule has 0 aliphatic carbocycles. The summed E-state index contributed by atoms with van der Waals surface area (Å²) in [7, 11) is -1.04. The highest BCUT2D eigenvalue weighted by atomic mass is 32.2. The summed E-state index contributed by atoms with van der Waals surface area (Å²) in [6.45, 7) is 0.683. The Labute approximate surface area is 199 Å². The SMILES string of the molecule is COc1ccc(C(=O)NC[C@@H]2COc3ccccc3O2)cc1S(=O)(=O)N(C)Cc1ccccc1. The summed E-state index contributed by atoms with van der Waals surface area (Å²) in [6, 6.07) is 20.9. The van der Waals surface area contributed by atoms with Crippen LogP contribution in [0.25, 0.3) is 0 Å². The van der Waals surface area contributed by atoms with E-state index in [1.807, 2.05) is 48.5 Å². The first-order valence-corrected chi connectivity index (χ1v) is 12.2. The molecule has 0 fully saturated rings. The second-order valence-corrected chi connectivity index (χ2v) is 9.83. The maximum absolute atomic E-state index is 13.3. The molecule has 1 aliphatic heterocycles. The van der Waals surface area contributed by atoms with E-state index in [9.17, 15) is 13.2 Å². The van der Waals surface area contributed by atoms with Gasteiger partial charge in [0.25, 0.3) is 5.91 Å². The number of carbonyl (C=O) groups is 1. The van der Waals surface area contributed by atoms with Crippen molar-refractivity contribution in [3.8, 4) is 17.2 Å². The lowest BCUT2D eigenvalue weighted by molar-refractivity contribution is 0.0789. The molecule has 0 bridgehead atoms. The van der Waals surface area contributed by atoms with Gasteiger partial charge in [-0.25, -0.2) is 8.42 Å². The standard InChI is InChI=1S/C25H26N2O6S/c1-27(16-18-8-4-3-5-9-18)34(29,30)24-14-19(12-13-23(24)31-2)25(28)26-15-20-17-32-21-10-6-7-11-22(21)33-20/h3-14,20H,15-17H2,1-2H3,(H,26,28)/t20-/m1/s1. The van der Waals surface area contributed by atoms with Crippen molar-refractivity contribution in [2.45, 2.75) is 17.5 Å². The molecule has 9 heteroatoms. The molecule has 0 unspecified atom stereocenters. The van der Waals surface area contributed by atoms with Crippen LogP contribution in [0.1, 0.15) is 15.9 Å². The molecule has 0 spiro atoms. The molecule has 8 nitrogen and oxygen atoms in total. The molecular formula is C25H26N2O6S. The van der Waals surface area contributed by atoms with Crippen molar-refractivity contribution in [2.24, 2.45) is 0 Å². The van der Waals surface area contributed by atoms with Crippen LogP contribution in [0.2, 0.25) is 0 Å². The highest BCUT2D eigenvalue weighted by molar-refractivity contribution is 7.89. The Morgan fingerprint density at radius 2 is 1.76 bits per heavy atom. The quantitative estimate of drug-likeness (QED) is 0.530. The van der Waals surface area contributed by atoms with Gasteiger partial charge in [0.15, 0.2) is 11.5 Å². The molecule has 34 heavy (non-hydrogen) atoms. The molecular weight excluding hydrogens is 456 g/mol. The maximum Gasteiger partial charge on any atom is 0.251 e. The Kier molecular flexibility index (Phi) is 7.04.